The summed E-state index contributed by atoms with van der Waals surface area (Å²) in [6, 6.07) is 7.93. The Bertz CT molecular complexity index is 327. The highest BCUT2D eigenvalue weighted by atomic mass is 16.4. The molecule has 1 rings (SSSR count). The molecule has 0 fully saturated rings. The number of aliphatic carboxylic acids is 1. The largest absolute Gasteiger partial charge is 0.481 e. The fourth-order valence-corrected chi connectivity index (χ4v) is 1.89. The van der Waals surface area contributed by atoms with Gasteiger partial charge in [-0.25, -0.2) is 0 Å². The van der Waals surface area contributed by atoms with E-state index < -0.39 is 5.97 Å². The highest BCUT2D eigenvalue weighted by molar-refractivity contribution is 5.70. The van der Waals surface area contributed by atoms with E-state index in [2.05, 4.69) is 19.9 Å². The number of rotatable bonds is 5. The molecule has 0 saturated carbocycles. The van der Waals surface area contributed by atoms with Gasteiger partial charge in [0.05, 0.1) is 6.42 Å². The van der Waals surface area contributed by atoms with Crippen molar-refractivity contribution in [2.45, 2.75) is 39.0 Å². The van der Waals surface area contributed by atoms with Crippen molar-refractivity contribution in [1.29, 1.82) is 0 Å². The lowest BCUT2D eigenvalue weighted by Crippen LogP contribution is -2.02. The first-order valence-corrected chi connectivity index (χ1v) is 5.48. The van der Waals surface area contributed by atoms with Crippen LogP contribution in [-0.4, -0.2) is 11.1 Å². The van der Waals surface area contributed by atoms with Crippen LogP contribution in [0.25, 0.3) is 0 Å². The second-order valence-corrected chi connectivity index (χ2v) is 3.83. The zero-order chi connectivity index (χ0) is 11.3. The van der Waals surface area contributed by atoms with Crippen LogP contribution >= 0.6 is 0 Å². The summed E-state index contributed by atoms with van der Waals surface area (Å²) in [7, 11) is 0. The third-order valence-electron chi connectivity index (χ3n) is 2.76. The van der Waals surface area contributed by atoms with E-state index in [1.54, 1.807) is 0 Å². The van der Waals surface area contributed by atoms with Crippen LogP contribution < -0.4 is 0 Å². The van der Waals surface area contributed by atoms with Crippen LogP contribution in [0, 0.1) is 0 Å². The Kier molecular flexibility index (Phi) is 4.35. The van der Waals surface area contributed by atoms with Crippen molar-refractivity contribution in [3.8, 4) is 0 Å². The van der Waals surface area contributed by atoms with Gasteiger partial charge in [-0.1, -0.05) is 38.1 Å². The average Bonchev–Trinajstić information content (AvgIpc) is 2.19. The van der Waals surface area contributed by atoms with E-state index in [4.69, 9.17) is 5.11 Å². The SMILES string of the molecule is CCC(CC)c1cccc(CC(=O)O)c1. The van der Waals surface area contributed by atoms with Crippen molar-refractivity contribution in [1.82, 2.24) is 0 Å². The molecule has 2 heteroatoms. The van der Waals surface area contributed by atoms with E-state index in [9.17, 15) is 4.79 Å². The second kappa shape index (κ2) is 5.54. The average molecular weight is 206 g/mol. The minimum absolute atomic E-state index is 0.119. The van der Waals surface area contributed by atoms with Gasteiger partial charge in [0.25, 0.3) is 0 Å². The molecule has 0 saturated heterocycles. The molecule has 0 unspecified atom stereocenters. The van der Waals surface area contributed by atoms with Crippen LogP contribution in [0.2, 0.25) is 0 Å². The van der Waals surface area contributed by atoms with Crippen LogP contribution in [0.5, 0.6) is 0 Å². The normalized spacial score (nSPS) is 10.6. The van der Waals surface area contributed by atoms with E-state index in [1.807, 2.05) is 18.2 Å². The molecule has 0 aliphatic heterocycles. The third-order valence-corrected chi connectivity index (χ3v) is 2.76. The molecule has 0 spiro atoms. The van der Waals surface area contributed by atoms with Crippen molar-refractivity contribution < 1.29 is 9.90 Å². The molecule has 0 aromatic heterocycles. The molecule has 2 nitrogen and oxygen atoms in total. The monoisotopic (exact) mass is 206 g/mol. The number of carboxylic acid groups (broad SMARTS) is 1. The Morgan fingerprint density at radius 1 is 1.33 bits per heavy atom. The van der Waals surface area contributed by atoms with Crippen molar-refractivity contribution in [3.05, 3.63) is 35.4 Å². The van der Waals surface area contributed by atoms with E-state index in [0.29, 0.717) is 5.92 Å². The number of carboxylic acids is 1. The highest BCUT2D eigenvalue weighted by Crippen LogP contribution is 2.23. The van der Waals surface area contributed by atoms with Crippen LogP contribution in [0.1, 0.15) is 43.7 Å². The molecule has 0 aliphatic rings. The molecule has 0 bridgehead atoms. The molecule has 0 radical (unpaired) electrons. The quantitative estimate of drug-likeness (QED) is 0.803. The van der Waals surface area contributed by atoms with Gasteiger partial charge in [0, 0.05) is 0 Å². The standard InChI is InChI=1S/C13H18O2/c1-3-11(4-2)12-7-5-6-10(8-12)9-13(14)15/h5-8,11H,3-4,9H2,1-2H3,(H,14,15). The summed E-state index contributed by atoms with van der Waals surface area (Å²) in [5.74, 6) is -0.213. The van der Waals surface area contributed by atoms with E-state index >= 15 is 0 Å². The molecule has 1 N–H and O–H groups in total. The van der Waals surface area contributed by atoms with Gasteiger partial charge in [-0.2, -0.15) is 0 Å². The van der Waals surface area contributed by atoms with E-state index in [0.717, 1.165) is 18.4 Å². The fourth-order valence-electron chi connectivity index (χ4n) is 1.89. The topological polar surface area (TPSA) is 37.3 Å². The van der Waals surface area contributed by atoms with E-state index in [1.165, 1.54) is 5.56 Å². The fraction of sp³-hybridized carbons (Fsp3) is 0.462. The van der Waals surface area contributed by atoms with Gasteiger partial charge < -0.3 is 5.11 Å². The molecular weight excluding hydrogens is 188 g/mol. The van der Waals surface area contributed by atoms with Gasteiger partial charge in [-0.05, 0) is 29.9 Å². The number of hydrogen-bond acceptors (Lipinski definition) is 1. The molecular formula is C13H18O2. The molecule has 0 aliphatic carbocycles. The molecule has 0 amide bonds. The lowest BCUT2D eigenvalue weighted by molar-refractivity contribution is -0.136. The molecule has 1 aromatic carbocycles. The van der Waals surface area contributed by atoms with E-state index in [-0.39, 0.29) is 6.42 Å². The van der Waals surface area contributed by atoms with Crippen molar-refractivity contribution >= 4 is 5.97 Å². The summed E-state index contributed by atoms with van der Waals surface area (Å²) >= 11 is 0. The Morgan fingerprint density at radius 3 is 2.53 bits per heavy atom. The number of benzene rings is 1. The summed E-state index contributed by atoms with van der Waals surface area (Å²) in [6.07, 6.45) is 2.33. The van der Waals surface area contributed by atoms with Gasteiger partial charge in [0.2, 0.25) is 0 Å². The molecule has 1 aromatic rings. The maximum atomic E-state index is 10.6. The molecule has 0 atom stereocenters. The van der Waals surface area contributed by atoms with Crippen molar-refractivity contribution in [3.63, 3.8) is 0 Å². The summed E-state index contributed by atoms with van der Waals surface area (Å²) < 4.78 is 0. The Balaban J connectivity index is 2.86. The highest BCUT2D eigenvalue weighted by Gasteiger charge is 2.08. The summed E-state index contributed by atoms with van der Waals surface area (Å²) in [4.78, 5) is 10.6. The van der Waals surface area contributed by atoms with Crippen LogP contribution in [-0.2, 0) is 11.2 Å². The number of hydrogen-bond donors (Lipinski definition) is 1. The van der Waals surface area contributed by atoms with Crippen molar-refractivity contribution in [2.75, 3.05) is 0 Å². The van der Waals surface area contributed by atoms with Crippen LogP contribution in [0.4, 0.5) is 0 Å². The van der Waals surface area contributed by atoms with Crippen LogP contribution in [0.3, 0.4) is 0 Å². The lowest BCUT2D eigenvalue weighted by Gasteiger charge is -2.13. The zero-order valence-corrected chi connectivity index (χ0v) is 9.36. The zero-order valence-electron chi connectivity index (χ0n) is 9.36. The van der Waals surface area contributed by atoms with Gasteiger partial charge in [0.1, 0.15) is 0 Å². The van der Waals surface area contributed by atoms with Gasteiger partial charge in [0.15, 0.2) is 0 Å². The minimum atomic E-state index is -0.767. The predicted octanol–water partition coefficient (Wildman–Crippen LogP) is 3.22. The van der Waals surface area contributed by atoms with Gasteiger partial charge >= 0.3 is 5.97 Å². The maximum absolute atomic E-state index is 10.6. The second-order valence-electron chi connectivity index (χ2n) is 3.83. The molecule has 15 heavy (non-hydrogen) atoms. The van der Waals surface area contributed by atoms with Crippen LogP contribution in [0.15, 0.2) is 24.3 Å². The smallest absolute Gasteiger partial charge is 0.307 e. The summed E-state index contributed by atoms with van der Waals surface area (Å²) in [6.45, 7) is 4.33. The molecule has 82 valence electrons. The minimum Gasteiger partial charge on any atom is -0.481 e. The van der Waals surface area contributed by atoms with Gasteiger partial charge in [-0.3, -0.25) is 4.79 Å². The maximum Gasteiger partial charge on any atom is 0.307 e. The Labute approximate surface area is 90.9 Å². The third kappa shape index (κ3) is 3.39. The Morgan fingerprint density at radius 2 is 2.00 bits per heavy atom. The summed E-state index contributed by atoms with van der Waals surface area (Å²) in [5, 5.41) is 8.71. The Hall–Kier alpha value is -1.31. The van der Waals surface area contributed by atoms with Gasteiger partial charge in [-0.15, -0.1) is 0 Å². The lowest BCUT2D eigenvalue weighted by atomic mass is 9.92. The number of carbonyl (C=O) groups is 1. The first-order chi connectivity index (χ1) is 7.17. The predicted molar refractivity (Wildman–Crippen MR) is 61.1 cm³/mol. The van der Waals surface area contributed by atoms with Crippen molar-refractivity contribution in [2.24, 2.45) is 0 Å². The first kappa shape index (κ1) is 11.8. The summed E-state index contributed by atoms with van der Waals surface area (Å²) in [5.41, 5.74) is 2.16. The first-order valence-electron chi connectivity index (χ1n) is 5.48. The molecule has 0 heterocycles.